The predicted molar refractivity (Wildman–Crippen MR) is 100 cm³/mol. The van der Waals surface area contributed by atoms with Crippen LogP contribution >= 0.6 is 0 Å². The van der Waals surface area contributed by atoms with Crippen LogP contribution in [0, 0.1) is 5.92 Å². The Balaban J connectivity index is 1.96. The number of hydrogen-bond donors (Lipinski definition) is 0. The average molecular weight is 359 g/mol. The first kappa shape index (κ1) is 18.3. The van der Waals surface area contributed by atoms with Gasteiger partial charge >= 0.3 is 12.0 Å². The molecule has 3 aliphatic heterocycles. The lowest BCUT2D eigenvalue weighted by molar-refractivity contribution is -0.527. The van der Waals surface area contributed by atoms with Crippen molar-refractivity contribution in [3.63, 3.8) is 0 Å². The Morgan fingerprint density at radius 2 is 2.08 bits per heavy atom. The van der Waals surface area contributed by atoms with Gasteiger partial charge in [0, 0.05) is 7.05 Å². The standard InChI is InChI=1S/C18H27N6O2/c1-11(2)7-8-24-17-19-15-14(22(17)10-13(5)20-24)16(25)23(9-12(3)4)18(26)21(15)6/h11,14H,3,7-10H2,1-2,4-6H3/q+1. The second-order valence-electron chi connectivity index (χ2n) is 7.66. The number of amides is 3. The molecule has 3 amide bonds. The summed E-state index contributed by atoms with van der Waals surface area (Å²) in [6.45, 7) is 13.4. The molecule has 3 aliphatic rings. The van der Waals surface area contributed by atoms with Gasteiger partial charge < -0.3 is 0 Å². The van der Waals surface area contributed by atoms with Gasteiger partial charge in [0.2, 0.25) is 11.9 Å². The molecule has 140 valence electrons. The van der Waals surface area contributed by atoms with E-state index in [1.807, 2.05) is 23.4 Å². The topological polar surface area (TPSA) is 71.6 Å². The highest BCUT2D eigenvalue weighted by molar-refractivity contribution is 6.23. The molecule has 3 heterocycles. The summed E-state index contributed by atoms with van der Waals surface area (Å²) in [6.07, 6.45) is 0.966. The second kappa shape index (κ2) is 6.66. The lowest BCUT2D eigenvalue weighted by Gasteiger charge is -2.34. The maximum atomic E-state index is 13.1. The summed E-state index contributed by atoms with van der Waals surface area (Å²) in [6, 6.07) is -0.945. The lowest BCUT2D eigenvalue weighted by atomic mass is 10.1. The van der Waals surface area contributed by atoms with Crippen molar-refractivity contribution in [1.82, 2.24) is 14.8 Å². The molecule has 0 aromatic rings. The quantitative estimate of drug-likeness (QED) is 0.549. The van der Waals surface area contributed by atoms with Crippen molar-refractivity contribution in [1.29, 1.82) is 0 Å². The number of fused-ring (bicyclic) bond motifs is 2. The Labute approximate surface area is 154 Å². The molecule has 0 radical (unpaired) electrons. The van der Waals surface area contributed by atoms with Gasteiger partial charge in [0.1, 0.15) is 6.54 Å². The second-order valence-corrected chi connectivity index (χ2v) is 7.66. The number of carbonyl (C=O) groups is 2. The molecule has 1 saturated heterocycles. The molecule has 1 atom stereocenters. The largest absolute Gasteiger partial charge is 0.416 e. The molecule has 0 aromatic heterocycles. The fraction of sp³-hybridized carbons (Fsp3) is 0.611. The third kappa shape index (κ3) is 3.04. The Morgan fingerprint density at radius 3 is 2.69 bits per heavy atom. The van der Waals surface area contributed by atoms with Crippen LogP contribution < -0.4 is 0 Å². The number of rotatable bonds is 5. The number of urea groups is 1. The fourth-order valence-electron chi connectivity index (χ4n) is 3.35. The van der Waals surface area contributed by atoms with Crippen LogP contribution in [0.5, 0.6) is 0 Å². The number of imide groups is 1. The Bertz CT molecular complexity index is 764. The van der Waals surface area contributed by atoms with Gasteiger partial charge in [0.05, 0.1) is 18.8 Å². The summed E-state index contributed by atoms with van der Waals surface area (Å²) in [4.78, 5) is 33.1. The third-order valence-electron chi connectivity index (χ3n) is 4.66. The van der Waals surface area contributed by atoms with E-state index in [4.69, 9.17) is 0 Å². The van der Waals surface area contributed by atoms with Crippen LogP contribution in [-0.4, -0.2) is 81.6 Å². The van der Waals surface area contributed by atoms with E-state index >= 15 is 0 Å². The highest BCUT2D eigenvalue weighted by Crippen LogP contribution is 2.23. The number of hydrogen-bond acceptors (Lipinski definition) is 5. The summed E-state index contributed by atoms with van der Waals surface area (Å²) in [5, 5.41) is 6.47. The van der Waals surface area contributed by atoms with Gasteiger partial charge in [-0.15, -0.1) is 10.1 Å². The number of aliphatic imine (C=N–C) groups is 1. The molecular formula is C18H27N6O2+. The van der Waals surface area contributed by atoms with E-state index < -0.39 is 6.04 Å². The van der Waals surface area contributed by atoms with E-state index in [9.17, 15) is 9.59 Å². The Hall–Kier alpha value is -2.51. The minimum atomic E-state index is -0.584. The molecule has 3 rings (SSSR count). The molecule has 26 heavy (non-hydrogen) atoms. The maximum absolute atomic E-state index is 13.1. The van der Waals surface area contributed by atoms with Crippen LogP contribution in [0.4, 0.5) is 4.79 Å². The van der Waals surface area contributed by atoms with E-state index in [-0.39, 0.29) is 18.5 Å². The van der Waals surface area contributed by atoms with E-state index in [1.165, 1.54) is 9.80 Å². The number of guanidine groups is 1. The van der Waals surface area contributed by atoms with Crippen LogP contribution in [0.2, 0.25) is 0 Å². The molecule has 0 N–H and O–H groups in total. The number of hydrazone groups is 1. The van der Waals surface area contributed by atoms with Crippen molar-refractivity contribution in [3.05, 3.63) is 12.2 Å². The molecule has 1 fully saturated rings. The highest BCUT2D eigenvalue weighted by Gasteiger charge is 2.54. The van der Waals surface area contributed by atoms with Crippen LogP contribution in [0.25, 0.3) is 0 Å². The minimum Gasteiger partial charge on any atom is -0.270 e. The van der Waals surface area contributed by atoms with Crippen molar-refractivity contribution < 1.29 is 14.2 Å². The molecular weight excluding hydrogens is 332 g/mol. The van der Waals surface area contributed by atoms with Crippen molar-refractivity contribution in [2.24, 2.45) is 16.0 Å². The first-order valence-electron chi connectivity index (χ1n) is 8.98. The van der Waals surface area contributed by atoms with Crippen molar-refractivity contribution in [3.8, 4) is 0 Å². The molecule has 8 heteroatoms. The number of nitrogens with zero attached hydrogens (tertiary/aromatic N) is 6. The Kier molecular flexibility index (Phi) is 4.68. The normalized spacial score (nSPS) is 22.7. The van der Waals surface area contributed by atoms with Crippen molar-refractivity contribution in [2.75, 3.05) is 26.7 Å². The maximum Gasteiger partial charge on any atom is 0.416 e. The lowest BCUT2D eigenvalue weighted by Crippen LogP contribution is -2.63. The van der Waals surface area contributed by atoms with Crippen molar-refractivity contribution >= 4 is 29.4 Å². The smallest absolute Gasteiger partial charge is 0.270 e. The minimum absolute atomic E-state index is 0.221. The SMILES string of the molecule is C=C(C)CN1C(=O)C2C(=NC3=[N+]2CC(C)=NN3CCC(C)C)N(C)C1=O. The molecule has 0 bridgehead atoms. The van der Waals surface area contributed by atoms with Crippen LogP contribution in [0.15, 0.2) is 22.2 Å². The van der Waals surface area contributed by atoms with Gasteiger partial charge in [-0.3, -0.25) is 14.6 Å². The summed E-state index contributed by atoms with van der Waals surface area (Å²) < 4.78 is 1.95. The van der Waals surface area contributed by atoms with Gasteiger partial charge in [-0.1, -0.05) is 31.0 Å². The van der Waals surface area contributed by atoms with Crippen LogP contribution in [0.3, 0.4) is 0 Å². The van der Waals surface area contributed by atoms with Crippen LogP contribution in [0.1, 0.15) is 34.1 Å². The average Bonchev–Trinajstić information content (AvgIpc) is 2.93. The zero-order valence-corrected chi connectivity index (χ0v) is 16.2. The van der Waals surface area contributed by atoms with E-state index in [0.717, 1.165) is 24.3 Å². The molecule has 0 spiro atoms. The van der Waals surface area contributed by atoms with Gasteiger partial charge in [0.15, 0.2) is 0 Å². The first-order valence-corrected chi connectivity index (χ1v) is 8.98. The summed E-state index contributed by atoms with van der Waals surface area (Å²) in [5.41, 5.74) is 1.69. The van der Waals surface area contributed by atoms with E-state index in [1.54, 1.807) is 7.05 Å². The number of amidine groups is 1. The summed E-state index contributed by atoms with van der Waals surface area (Å²) >= 11 is 0. The number of likely N-dealkylation sites (N-methyl/N-ethyl adjacent to an activating group) is 1. The van der Waals surface area contributed by atoms with Gasteiger partial charge in [0.25, 0.3) is 5.91 Å². The van der Waals surface area contributed by atoms with Crippen molar-refractivity contribution in [2.45, 2.75) is 40.2 Å². The summed E-state index contributed by atoms with van der Waals surface area (Å²) in [7, 11) is 1.66. The monoisotopic (exact) mass is 359 g/mol. The zero-order valence-electron chi connectivity index (χ0n) is 16.2. The molecule has 1 unspecified atom stereocenters. The summed E-state index contributed by atoms with van der Waals surface area (Å²) in [5.74, 6) is 1.42. The zero-order chi connectivity index (χ0) is 19.2. The molecule has 0 aliphatic carbocycles. The third-order valence-corrected chi connectivity index (χ3v) is 4.66. The van der Waals surface area contributed by atoms with Crippen LogP contribution in [-0.2, 0) is 4.79 Å². The van der Waals surface area contributed by atoms with E-state index in [0.29, 0.717) is 24.3 Å². The molecule has 0 aromatic carbocycles. The van der Waals surface area contributed by atoms with Gasteiger partial charge in [-0.25, -0.2) is 9.37 Å². The predicted octanol–water partition coefficient (Wildman–Crippen LogP) is 1.34. The first-order chi connectivity index (χ1) is 12.2. The van der Waals surface area contributed by atoms with Gasteiger partial charge in [-0.05, 0) is 26.2 Å². The highest BCUT2D eigenvalue weighted by atomic mass is 16.2. The molecule has 8 nitrogen and oxygen atoms in total. The van der Waals surface area contributed by atoms with E-state index in [2.05, 4.69) is 30.5 Å². The Morgan fingerprint density at radius 1 is 1.38 bits per heavy atom. The van der Waals surface area contributed by atoms with Gasteiger partial charge in [-0.2, -0.15) is 0 Å². The number of carbonyl (C=O) groups excluding carboxylic acids is 2. The fourth-order valence-corrected chi connectivity index (χ4v) is 3.35. The molecule has 0 saturated carbocycles.